The van der Waals surface area contributed by atoms with Gasteiger partial charge in [0.2, 0.25) is 10.0 Å². The van der Waals surface area contributed by atoms with E-state index >= 15 is 0 Å². The maximum absolute atomic E-state index is 12.6. The number of amides is 1. The van der Waals surface area contributed by atoms with Crippen molar-refractivity contribution in [3.63, 3.8) is 0 Å². The third-order valence-electron chi connectivity index (χ3n) is 4.32. The lowest BCUT2D eigenvalue weighted by Gasteiger charge is -2.12. The number of sulfonamides is 1. The van der Waals surface area contributed by atoms with Crippen molar-refractivity contribution in [1.82, 2.24) is 9.62 Å². The lowest BCUT2D eigenvalue weighted by atomic mass is 10.1. The summed E-state index contributed by atoms with van der Waals surface area (Å²) in [6, 6.07) is 23.5. The minimum absolute atomic E-state index is 0.108. The van der Waals surface area contributed by atoms with Gasteiger partial charge >= 0.3 is 0 Å². The minimum Gasteiger partial charge on any atom is -0.345 e. The molecule has 0 spiro atoms. The normalized spacial score (nSPS) is 11.2. The monoisotopic (exact) mass is 394 g/mol. The van der Waals surface area contributed by atoms with Crippen LogP contribution < -0.4 is 4.72 Å². The molecular weight excluding hydrogens is 372 g/mol. The standard InChI is InChI=1S/C22H22N2O3S/c1-24(2)22(25)20-10-6-7-17(15-20)16-23-28(26,27)21-13-11-19(12-14-21)18-8-4-3-5-9-18/h3-15,23H,16H2,1-2H3. The molecule has 0 aliphatic heterocycles. The SMILES string of the molecule is CN(C)C(=O)c1cccc(CNS(=O)(=O)c2ccc(-c3ccccc3)cc2)c1. The van der Waals surface area contributed by atoms with E-state index in [1.54, 1.807) is 62.6 Å². The zero-order valence-electron chi connectivity index (χ0n) is 15.8. The number of carbonyl (C=O) groups excluding carboxylic acids is 1. The van der Waals surface area contributed by atoms with Gasteiger partial charge in [0.05, 0.1) is 4.90 Å². The average Bonchev–Trinajstić information content (AvgIpc) is 2.72. The van der Waals surface area contributed by atoms with Crippen LogP contribution in [-0.2, 0) is 16.6 Å². The first kappa shape index (κ1) is 19.8. The Morgan fingerprint density at radius 2 is 1.50 bits per heavy atom. The van der Waals surface area contributed by atoms with Crippen LogP contribution in [-0.4, -0.2) is 33.3 Å². The molecule has 0 heterocycles. The first-order valence-electron chi connectivity index (χ1n) is 8.82. The van der Waals surface area contributed by atoms with Crippen LogP contribution in [0.4, 0.5) is 0 Å². The quantitative estimate of drug-likeness (QED) is 0.695. The van der Waals surface area contributed by atoms with E-state index in [4.69, 9.17) is 0 Å². The van der Waals surface area contributed by atoms with Crippen molar-refractivity contribution in [3.05, 3.63) is 90.0 Å². The molecule has 0 unspecified atom stereocenters. The Morgan fingerprint density at radius 3 is 2.14 bits per heavy atom. The topological polar surface area (TPSA) is 66.5 Å². The third kappa shape index (κ3) is 4.65. The highest BCUT2D eigenvalue weighted by atomic mass is 32.2. The van der Waals surface area contributed by atoms with E-state index < -0.39 is 10.0 Å². The van der Waals surface area contributed by atoms with Crippen LogP contribution in [0.25, 0.3) is 11.1 Å². The van der Waals surface area contributed by atoms with Crippen molar-refractivity contribution in [2.45, 2.75) is 11.4 Å². The van der Waals surface area contributed by atoms with E-state index in [0.717, 1.165) is 16.7 Å². The Labute approximate surface area is 165 Å². The van der Waals surface area contributed by atoms with Gasteiger partial charge in [-0.25, -0.2) is 13.1 Å². The molecule has 1 N–H and O–H groups in total. The molecule has 0 fully saturated rings. The maximum atomic E-state index is 12.6. The number of hydrogen-bond donors (Lipinski definition) is 1. The van der Waals surface area contributed by atoms with Gasteiger partial charge in [0.15, 0.2) is 0 Å². The molecule has 0 saturated carbocycles. The molecule has 144 valence electrons. The molecule has 0 saturated heterocycles. The van der Waals surface area contributed by atoms with Crippen molar-refractivity contribution < 1.29 is 13.2 Å². The van der Waals surface area contributed by atoms with E-state index in [1.807, 2.05) is 30.3 Å². The number of hydrogen-bond acceptors (Lipinski definition) is 3. The number of nitrogens with one attached hydrogen (secondary N) is 1. The fourth-order valence-electron chi connectivity index (χ4n) is 2.79. The Balaban J connectivity index is 1.72. The molecule has 0 aromatic heterocycles. The van der Waals surface area contributed by atoms with Crippen LogP contribution >= 0.6 is 0 Å². The van der Waals surface area contributed by atoms with E-state index in [9.17, 15) is 13.2 Å². The number of benzene rings is 3. The second kappa shape index (κ2) is 8.37. The van der Waals surface area contributed by atoms with Crippen molar-refractivity contribution in [2.24, 2.45) is 0 Å². The molecule has 0 bridgehead atoms. The van der Waals surface area contributed by atoms with Gasteiger partial charge in [-0.15, -0.1) is 0 Å². The van der Waals surface area contributed by atoms with Crippen molar-refractivity contribution in [3.8, 4) is 11.1 Å². The molecule has 0 radical (unpaired) electrons. The van der Waals surface area contributed by atoms with Crippen LogP contribution in [0.15, 0.2) is 83.8 Å². The van der Waals surface area contributed by atoms with Crippen molar-refractivity contribution >= 4 is 15.9 Å². The summed E-state index contributed by atoms with van der Waals surface area (Å²) >= 11 is 0. The zero-order valence-corrected chi connectivity index (χ0v) is 16.6. The fourth-order valence-corrected chi connectivity index (χ4v) is 3.81. The Morgan fingerprint density at radius 1 is 0.857 bits per heavy atom. The minimum atomic E-state index is -3.65. The Bertz CT molecular complexity index is 1060. The third-order valence-corrected chi connectivity index (χ3v) is 5.74. The fraction of sp³-hybridized carbons (Fsp3) is 0.136. The molecule has 28 heavy (non-hydrogen) atoms. The van der Waals surface area contributed by atoms with Gasteiger partial charge in [-0.3, -0.25) is 4.79 Å². The number of rotatable bonds is 6. The van der Waals surface area contributed by atoms with Crippen LogP contribution in [0.5, 0.6) is 0 Å². The van der Waals surface area contributed by atoms with Crippen LogP contribution in [0, 0.1) is 0 Å². The average molecular weight is 394 g/mol. The Hall–Kier alpha value is -2.96. The molecule has 3 rings (SSSR count). The second-order valence-electron chi connectivity index (χ2n) is 6.61. The van der Waals surface area contributed by atoms with Gasteiger partial charge < -0.3 is 4.90 Å². The maximum Gasteiger partial charge on any atom is 0.253 e. The van der Waals surface area contributed by atoms with Crippen LogP contribution in [0.3, 0.4) is 0 Å². The molecule has 0 atom stereocenters. The molecule has 3 aromatic rings. The number of nitrogens with zero attached hydrogens (tertiary/aromatic N) is 1. The van der Waals surface area contributed by atoms with E-state index in [-0.39, 0.29) is 17.3 Å². The summed E-state index contributed by atoms with van der Waals surface area (Å²) < 4.78 is 27.8. The first-order valence-corrected chi connectivity index (χ1v) is 10.3. The van der Waals surface area contributed by atoms with E-state index in [1.165, 1.54) is 4.90 Å². The van der Waals surface area contributed by atoms with Crippen molar-refractivity contribution in [1.29, 1.82) is 0 Å². The molecule has 0 aliphatic carbocycles. The predicted molar refractivity (Wildman–Crippen MR) is 110 cm³/mol. The van der Waals surface area contributed by atoms with Gasteiger partial charge in [-0.1, -0.05) is 54.6 Å². The summed E-state index contributed by atoms with van der Waals surface area (Å²) in [5.41, 5.74) is 3.22. The zero-order chi connectivity index (χ0) is 20.1. The summed E-state index contributed by atoms with van der Waals surface area (Å²) in [4.78, 5) is 13.7. The van der Waals surface area contributed by atoms with Gasteiger partial charge in [0.25, 0.3) is 5.91 Å². The smallest absolute Gasteiger partial charge is 0.253 e. The summed E-state index contributed by atoms with van der Waals surface area (Å²) in [6.07, 6.45) is 0. The lowest BCUT2D eigenvalue weighted by Crippen LogP contribution is -2.24. The summed E-state index contributed by atoms with van der Waals surface area (Å²) in [6.45, 7) is 0.108. The lowest BCUT2D eigenvalue weighted by molar-refractivity contribution is 0.0827. The summed E-state index contributed by atoms with van der Waals surface area (Å²) in [5.74, 6) is -0.124. The predicted octanol–water partition coefficient (Wildman–Crippen LogP) is 3.53. The molecule has 6 heteroatoms. The molecular formula is C22H22N2O3S. The number of carbonyl (C=O) groups is 1. The second-order valence-corrected chi connectivity index (χ2v) is 8.38. The van der Waals surface area contributed by atoms with Gasteiger partial charge in [0.1, 0.15) is 0 Å². The highest BCUT2D eigenvalue weighted by molar-refractivity contribution is 7.89. The highest BCUT2D eigenvalue weighted by Gasteiger charge is 2.15. The largest absolute Gasteiger partial charge is 0.345 e. The van der Waals surface area contributed by atoms with Gasteiger partial charge in [-0.2, -0.15) is 0 Å². The summed E-state index contributed by atoms with van der Waals surface area (Å²) in [5, 5.41) is 0. The van der Waals surface area contributed by atoms with Crippen LogP contribution in [0.1, 0.15) is 15.9 Å². The van der Waals surface area contributed by atoms with Crippen LogP contribution in [0.2, 0.25) is 0 Å². The van der Waals surface area contributed by atoms with Gasteiger partial charge in [0, 0.05) is 26.2 Å². The molecule has 5 nitrogen and oxygen atoms in total. The molecule has 0 aliphatic rings. The van der Waals surface area contributed by atoms with Gasteiger partial charge in [-0.05, 0) is 41.0 Å². The summed E-state index contributed by atoms with van der Waals surface area (Å²) in [7, 11) is -0.297. The van der Waals surface area contributed by atoms with E-state index in [0.29, 0.717) is 5.56 Å². The molecule has 1 amide bonds. The highest BCUT2D eigenvalue weighted by Crippen LogP contribution is 2.21. The molecule has 3 aromatic carbocycles. The van der Waals surface area contributed by atoms with Crippen molar-refractivity contribution in [2.75, 3.05) is 14.1 Å². The Kier molecular flexibility index (Phi) is 5.92. The first-order chi connectivity index (χ1) is 13.4. The van der Waals surface area contributed by atoms with E-state index in [2.05, 4.69) is 4.72 Å².